The molecule has 0 aliphatic heterocycles. The molecular weight excluding hydrogens is 282 g/mol. The molecule has 106 valence electrons. The molecule has 0 amide bonds. The number of nitro benzene ring substituents is 1. The van der Waals surface area contributed by atoms with E-state index in [1.807, 2.05) is 0 Å². The van der Waals surface area contributed by atoms with Crippen LogP contribution in [0, 0.1) is 16.0 Å². The predicted molar refractivity (Wildman–Crippen MR) is 74.9 cm³/mol. The fourth-order valence-corrected chi connectivity index (χ4v) is 2.25. The number of carbonyl (C=O) groups is 1. The maximum absolute atomic E-state index is 11.9. The SMILES string of the molecule is O=C(OCC1CC=CCC1)c1ccc(Cl)c([N+](=O)[O-])c1. The number of ether oxygens (including phenoxy) is 1. The second-order valence-electron chi connectivity index (χ2n) is 4.67. The van der Waals surface area contributed by atoms with Crippen molar-refractivity contribution in [3.8, 4) is 0 Å². The summed E-state index contributed by atoms with van der Waals surface area (Å²) in [6.07, 6.45) is 7.07. The lowest BCUT2D eigenvalue weighted by atomic mass is 9.95. The van der Waals surface area contributed by atoms with Crippen molar-refractivity contribution in [3.05, 3.63) is 51.1 Å². The van der Waals surface area contributed by atoms with Crippen molar-refractivity contribution >= 4 is 23.3 Å². The lowest BCUT2D eigenvalue weighted by Crippen LogP contribution is -2.15. The van der Waals surface area contributed by atoms with Crippen molar-refractivity contribution in [1.29, 1.82) is 0 Å². The summed E-state index contributed by atoms with van der Waals surface area (Å²) in [7, 11) is 0. The Morgan fingerprint density at radius 2 is 2.25 bits per heavy atom. The number of halogens is 1. The Kier molecular flexibility index (Phi) is 4.74. The van der Waals surface area contributed by atoms with Crippen molar-refractivity contribution in [3.63, 3.8) is 0 Å². The summed E-state index contributed by atoms with van der Waals surface area (Å²) in [5.41, 5.74) is -0.144. The monoisotopic (exact) mass is 295 g/mol. The summed E-state index contributed by atoms with van der Waals surface area (Å²) >= 11 is 5.69. The quantitative estimate of drug-likeness (QED) is 0.367. The maximum Gasteiger partial charge on any atom is 0.338 e. The second-order valence-corrected chi connectivity index (χ2v) is 5.08. The number of esters is 1. The number of nitro groups is 1. The minimum atomic E-state index is -0.620. The molecule has 1 aromatic carbocycles. The van der Waals surface area contributed by atoms with E-state index in [4.69, 9.17) is 16.3 Å². The van der Waals surface area contributed by atoms with Crippen LogP contribution < -0.4 is 0 Å². The summed E-state index contributed by atoms with van der Waals surface area (Å²) in [6, 6.07) is 3.91. The third-order valence-corrected chi connectivity index (χ3v) is 3.53. The largest absolute Gasteiger partial charge is 0.462 e. The first-order valence-electron chi connectivity index (χ1n) is 6.34. The number of hydrogen-bond donors (Lipinski definition) is 0. The first-order chi connectivity index (χ1) is 9.58. The molecule has 2 rings (SSSR count). The van der Waals surface area contributed by atoms with Gasteiger partial charge in [0.1, 0.15) is 5.02 Å². The van der Waals surface area contributed by atoms with Crippen LogP contribution in [-0.2, 0) is 4.74 Å². The molecule has 1 unspecified atom stereocenters. The molecule has 0 radical (unpaired) electrons. The number of hydrogen-bond acceptors (Lipinski definition) is 4. The highest BCUT2D eigenvalue weighted by atomic mass is 35.5. The molecule has 0 saturated heterocycles. The predicted octanol–water partition coefficient (Wildman–Crippen LogP) is 3.76. The van der Waals surface area contributed by atoms with E-state index < -0.39 is 10.9 Å². The average Bonchev–Trinajstić information content (AvgIpc) is 2.46. The zero-order chi connectivity index (χ0) is 14.5. The third kappa shape index (κ3) is 3.57. The van der Waals surface area contributed by atoms with Gasteiger partial charge in [-0.25, -0.2) is 4.79 Å². The normalized spacial score (nSPS) is 17.8. The molecular formula is C14H14ClNO4. The van der Waals surface area contributed by atoms with Crippen molar-refractivity contribution in [1.82, 2.24) is 0 Å². The zero-order valence-electron chi connectivity index (χ0n) is 10.8. The van der Waals surface area contributed by atoms with E-state index in [0.29, 0.717) is 12.5 Å². The number of carbonyl (C=O) groups excluding carboxylic acids is 1. The van der Waals surface area contributed by atoms with Gasteiger partial charge in [0, 0.05) is 6.07 Å². The van der Waals surface area contributed by atoms with Gasteiger partial charge in [-0.2, -0.15) is 0 Å². The highest BCUT2D eigenvalue weighted by Crippen LogP contribution is 2.25. The van der Waals surface area contributed by atoms with Crippen LogP contribution in [0.2, 0.25) is 5.02 Å². The van der Waals surface area contributed by atoms with E-state index in [1.165, 1.54) is 12.1 Å². The van der Waals surface area contributed by atoms with Gasteiger partial charge in [0.2, 0.25) is 0 Å². The first-order valence-corrected chi connectivity index (χ1v) is 6.72. The number of benzene rings is 1. The average molecular weight is 296 g/mol. The molecule has 0 aromatic heterocycles. The molecule has 0 bridgehead atoms. The second kappa shape index (κ2) is 6.52. The third-order valence-electron chi connectivity index (χ3n) is 3.21. The lowest BCUT2D eigenvalue weighted by molar-refractivity contribution is -0.384. The molecule has 5 nitrogen and oxygen atoms in total. The van der Waals surface area contributed by atoms with Gasteiger partial charge in [0.15, 0.2) is 0 Å². The minimum Gasteiger partial charge on any atom is -0.462 e. The summed E-state index contributed by atoms with van der Waals surface area (Å²) < 4.78 is 5.20. The Morgan fingerprint density at radius 3 is 2.90 bits per heavy atom. The van der Waals surface area contributed by atoms with Crippen LogP contribution >= 0.6 is 11.6 Å². The van der Waals surface area contributed by atoms with Gasteiger partial charge in [-0.15, -0.1) is 0 Å². The van der Waals surface area contributed by atoms with Crippen LogP contribution in [-0.4, -0.2) is 17.5 Å². The van der Waals surface area contributed by atoms with Crippen LogP contribution in [0.5, 0.6) is 0 Å². The molecule has 0 spiro atoms. The van der Waals surface area contributed by atoms with E-state index in [0.717, 1.165) is 25.3 Å². The fourth-order valence-electron chi connectivity index (χ4n) is 2.06. The number of allylic oxidation sites excluding steroid dienone is 2. The van der Waals surface area contributed by atoms with Crippen molar-refractivity contribution in [2.45, 2.75) is 19.3 Å². The van der Waals surface area contributed by atoms with Crippen molar-refractivity contribution < 1.29 is 14.5 Å². The van der Waals surface area contributed by atoms with Gasteiger partial charge in [-0.05, 0) is 37.3 Å². The minimum absolute atomic E-state index is 0.00367. The van der Waals surface area contributed by atoms with Gasteiger partial charge in [0.25, 0.3) is 5.69 Å². The van der Waals surface area contributed by atoms with Crippen molar-refractivity contribution in [2.24, 2.45) is 5.92 Å². The Bertz CT molecular complexity index is 556. The van der Waals surface area contributed by atoms with Crippen LogP contribution in [0.1, 0.15) is 29.6 Å². The molecule has 0 saturated carbocycles. The summed E-state index contributed by atoms with van der Waals surface area (Å²) in [5.74, 6) is -0.231. The molecule has 0 N–H and O–H groups in total. The molecule has 1 atom stereocenters. The van der Waals surface area contributed by atoms with Gasteiger partial charge in [0.05, 0.1) is 17.1 Å². The maximum atomic E-state index is 11.9. The van der Waals surface area contributed by atoms with Crippen molar-refractivity contribution in [2.75, 3.05) is 6.61 Å². The molecule has 0 heterocycles. The van der Waals surface area contributed by atoms with E-state index in [2.05, 4.69) is 12.2 Å². The van der Waals surface area contributed by atoms with Gasteiger partial charge < -0.3 is 4.74 Å². The summed E-state index contributed by atoms with van der Waals surface area (Å²) in [5, 5.41) is 10.8. The van der Waals surface area contributed by atoms with Gasteiger partial charge in [-0.3, -0.25) is 10.1 Å². The molecule has 20 heavy (non-hydrogen) atoms. The lowest BCUT2D eigenvalue weighted by Gasteiger charge is -2.17. The van der Waals surface area contributed by atoms with E-state index >= 15 is 0 Å². The Hall–Kier alpha value is -1.88. The highest BCUT2D eigenvalue weighted by Gasteiger charge is 2.18. The molecule has 1 aromatic rings. The van der Waals surface area contributed by atoms with Gasteiger partial charge >= 0.3 is 5.97 Å². The molecule has 1 aliphatic rings. The molecule has 0 fully saturated rings. The topological polar surface area (TPSA) is 69.4 Å². The Balaban J connectivity index is 2.00. The van der Waals surface area contributed by atoms with E-state index in [1.54, 1.807) is 0 Å². The van der Waals surface area contributed by atoms with E-state index in [-0.39, 0.29) is 16.3 Å². The molecule has 1 aliphatic carbocycles. The highest BCUT2D eigenvalue weighted by molar-refractivity contribution is 6.32. The number of rotatable bonds is 4. The van der Waals surface area contributed by atoms with Crippen LogP contribution in [0.3, 0.4) is 0 Å². The first kappa shape index (κ1) is 14.5. The molecule has 6 heteroatoms. The Labute approximate surface area is 121 Å². The van der Waals surface area contributed by atoms with Crippen LogP contribution in [0.25, 0.3) is 0 Å². The van der Waals surface area contributed by atoms with Crippen LogP contribution in [0.4, 0.5) is 5.69 Å². The van der Waals surface area contributed by atoms with Crippen LogP contribution in [0.15, 0.2) is 30.4 Å². The summed E-state index contributed by atoms with van der Waals surface area (Å²) in [6.45, 7) is 0.333. The standard InChI is InChI=1S/C14H14ClNO4/c15-12-7-6-11(8-13(12)16(18)19)14(17)20-9-10-4-2-1-3-5-10/h1-2,6-8,10H,3-5,9H2. The zero-order valence-corrected chi connectivity index (χ0v) is 11.5. The van der Waals surface area contributed by atoms with Gasteiger partial charge in [-0.1, -0.05) is 23.8 Å². The summed E-state index contributed by atoms with van der Waals surface area (Å²) in [4.78, 5) is 22.0. The number of nitrogens with zero attached hydrogens (tertiary/aromatic N) is 1. The Morgan fingerprint density at radius 1 is 1.45 bits per heavy atom. The smallest absolute Gasteiger partial charge is 0.338 e. The van der Waals surface area contributed by atoms with E-state index in [9.17, 15) is 14.9 Å². The fraction of sp³-hybridized carbons (Fsp3) is 0.357.